The molecular weight excluding hydrogens is 337 g/mol. The number of hydrogen-bond donors (Lipinski definition) is 1. The van der Waals surface area contributed by atoms with Crippen molar-refractivity contribution in [2.75, 3.05) is 20.3 Å². The quantitative estimate of drug-likeness (QED) is 0.731. The summed E-state index contributed by atoms with van der Waals surface area (Å²) in [7, 11) is -2.00. The number of methoxy groups -OCH3 is 1. The van der Waals surface area contributed by atoms with E-state index >= 15 is 0 Å². The average Bonchev–Trinajstić information content (AvgIpc) is 2.36. The van der Waals surface area contributed by atoms with Gasteiger partial charge in [0.25, 0.3) is 0 Å². The van der Waals surface area contributed by atoms with Crippen molar-refractivity contribution in [1.82, 2.24) is 4.72 Å². The van der Waals surface area contributed by atoms with Gasteiger partial charge < -0.3 is 4.74 Å². The van der Waals surface area contributed by atoms with Gasteiger partial charge in [-0.1, -0.05) is 0 Å². The van der Waals surface area contributed by atoms with Crippen LogP contribution in [0.3, 0.4) is 0 Å². The van der Waals surface area contributed by atoms with Gasteiger partial charge in [-0.25, -0.2) is 17.5 Å². The maximum atomic E-state index is 13.3. The highest BCUT2D eigenvalue weighted by atomic mass is 79.9. The summed E-state index contributed by atoms with van der Waals surface area (Å²) in [5.41, 5.74) is 0. The van der Waals surface area contributed by atoms with Crippen molar-refractivity contribution < 1.29 is 17.5 Å². The third-order valence-electron chi connectivity index (χ3n) is 2.52. The van der Waals surface area contributed by atoms with Crippen LogP contribution in [0.25, 0.3) is 0 Å². The molecule has 4 nitrogen and oxygen atoms in total. The van der Waals surface area contributed by atoms with E-state index in [0.29, 0.717) is 13.2 Å². The zero-order valence-corrected chi connectivity index (χ0v) is 13.1. The molecule has 0 heterocycles. The van der Waals surface area contributed by atoms with Crippen LogP contribution >= 0.6 is 15.9 Å². The molecule has 0 fully saturated rings. The van der Waals surface area contributed by atoms with E-state index in [2.05, 4.69) is 20.7 Å². The average molecular weight is 354 g/mol. The Morgan fingerprint density at radius 2 is 2.05 bits per heavy atom. The van der Waals surface area contributed by atoms with E-state index < -0.39 is 15.8 Å². The first kappa shape index (κ1) is 16.6. The number of halogens is 2. The van der Waals surface area contributed by atoms with Crippen molar-refractivity contribution in [3.8, 4) is 0 Å². The highest BCUT2D eigenvalue weighted by molar-refractivity contribution is 9.10. The van der Waals surface area contributed by atoms with E-state index in [1.807, 2.05) is 0 Å². The fraction of sp³-hybridized carbons (Fsp3) is 0.500. The van der Waals surface area contributed by atoms with Gasteiger partial charge in [-0.2, -0.15) is 0 Å². The van der Waals surface area contributed by atoms with Crippen LogP contribution in [-0.4, -0.2) is 28.7 Å². The van der Waals surface area contributed by atoms with Crippen LogP contribution in [0.15, 0.2) is 27.6 Å². The van der Waals surface area contributed by atoms with Crippen molar-refractivity contribution >= 4 is 26.0 Å². The lowest BCUT2D eigenvalue weighted by Crippen LogP contribution is -2.25. The number of unbranched alkanes of at least 4 members (excludes halogenated alkanes) is 2. The minimum absolute atomic E-state index is 0.0647. The molecule has 1 rings (SSSR count). The van der Waals surface area contributed by atoms with Crippen molar-refractivity contribution in [1.29, 1.82) is 0 Å². The number of rotatable bonds is 8. The smallest absolute Gasteiger partial charge is 0.240 e. The first-order chi connectivity index (χ1) is 8.97. The second kappa shape index (κ2) is 7.94. The van der Waals surface area contributed by atoms with Crippen LogP contribution in [0.2, 0.25) is 0 Å². The van der Waals surface area contributed by atoms with Crippen molar-refractivity contribution in [3.05, 3.63) is 28.5 Å². The van der Waals surface area contributed by atoms with Gasteiger partial charge in [0.15, 0.2) is 0 Å². The third-order valence-corrected chi connectivity index (χ3v) is 4.62. The normalized spacial score (nSPS) is 11.7. The number of sulfonamides is 1. The molecule has 1 aromatic carbocycles. The number of ether oxygens (including phenoxy) is 1. The maximum absolute atomic E-state index is 13.3. The van der Waals surface area contributed by atoms with Gasteiger partial charge in [0.1, 0.15) is 5.82 Å². The molecule has 1 N–H and O–H groups in total. The third kappa shape index (κ3) is 5.56. The first-order valence-electron chi connectivity index (χ1n) is 5.91. The fourth-order valence-electron chi connectivity index (χ4n) is 1.48. The summed E-state index contributed by atoms with van der Waals surface area (Å²) in [6.07, 6.45) is 2.50. The molecule has 0 atom stereocenters. The molecule has 108 valence electrons. The Labute approximate surface area is 121 Å². The number of nitrogens with one attached hydrogen (secondary N) is 1. The summed E-state index contributed by atoms with van der Waals surface area (Å²) < 4.78 is 44.6. The summed E-state index contributed by atoms with van der Waals surface area (Å²) in [5, 5.41) is 0. The second-order valence-corrected chi connectivity index (χ2v) is 6.65. The number of hydrogen-bond acceptors (Lipinski definition) is 3. The van der Waals surface area contributed by atoms with Crippen LogP contribution < -0.4 is 4.72 Å². The SMILES string of the molecule is COCCCCCNS(=O)(=O)c1ccc(Br)c(F)c1. The molecule has 0 amide bonds. The molecule has 7 heteroatoms. The van der Waals surface area contributed by atoms with Gasteiger partial charge >= 0.3 is 0 Å². The molecule has 19 heavy (non-hydrogen) atoms. The molecule has 0 aliphatic rings. The van der Waals surface area contributed by atoms with Gasteiger partial charge in [-0.3, -0.25) is 0 Å². The lowest BCUT2D eigenvalue weighted by Gasteiger charge is -2.07. The minimum Gasteiger partial charge on any atom is -0.385 e. The monoisotopic (exact) mass is 353 g/mol. The zero-order valence-electron chi connectivity index (χ0n) is 10.7. The van der Waals surface area contributed by atoms with Crippen molar-refractivity contribution in [2.45, 2.75) is 24.2 Å². The molecule has 0 aliphatic heterocycles. The Balaban J connectivity index is 2.49. The molecule has 0 spiro atoms. The van der Waals surface area contributed by atoms with Crippen molar-refractivity contribution in [2.24, 2.45) is 0 Å². The standard InChI is InChI=1S/C12H17BrFNO3S/c1-18-8-4-2-3-7-15-19(16,17)10-5-6-11(13)12(14)9-10/h5-6,9,15H,2-4,7-8H2,1H3. The van der Waals surface area contributed by atoms with Gasteiger partial charge in [-0.15, -0.1) is 0 Å². The molecule has 0 saturated heterocycles. The largest absolute Gasteiger partial charge is 0.385 e. The van der Waals surface area contributed by atoms with Crippen LogP contribution in [0.5, 0.6) is 0 Å². The minimum atomic E-state index is -3.63. The summed E-state index contributed by atoms with van der Waals surface area (Å²) in [5.74, 6) is -0.594. The Morgan fingerprint density at radius 3 is 2.68 bits per heavy atom. The second-order valence-electron chi connectivity index (χ2n) is 4.03. The highest BCUT2D eigenvalue weighted by Gasteiger charge is 2.14. The van der Waals surface area contributed by atoms with Crippen LogP contribution in [0.4, 0.5) is 4.39 Å². The molecule has 0 radical (unpaired) electrons. The summed E-state index contributed by atoms with van der Waals surface area (Å²) in [6, 6.07) is 3.74. The molecule has 0 saturated carbocycles. The topological polar surface area (TPSA) is 55.4 Å². The van der Waals surface area contributed by atoms with E-state index in [1.54, 1.807) is 7.11 Å². The molecular formula is C12H17BrFNO3S. The lowest BCUT2D eigenvalue weighted by molar-refractivity contribution is 0.192. The van der Waals surface area contributed by atoms with Gasteiger partial charge in [0, 0.05) is 20.3 Å². The highest BCUT2D eigenvalue weighted by Crippen LogP contribution is 2.19. The van der Waals surface area contributed by atoms with Crippen LogP contribution in [0.1, 0.15) is 19.3 Å². The van der Waals surface area contributed by atoms with E-state index in [4.69, 9.17) is 4.74 Å². The molecule has 0 aliphatic carbocycles. The Morgan fingerprint density at radius 1 is 1.32 bits per heavy atom. The molecule has 0 bridgehead atoms. The molecule has 0 aromatic heterocycles. The van der Waals surface area contributed by atoms with E-state index in [1.165, 1.54) is 12.1 Å². The van der Waals surface area contributed by atoms with E-state index in [-0.39, 0.29) is 9.37 Å². The Hall–Kier alpha value is -0.500. The van der Waals surface area contributed by atoms with Gasteiger partial charge in [-0.05, 0) is 53.4 Å². The van der Waals surface area contributed by atoms with Gasteiger partial charge in [0.05, 0.1) is 9.37 Å². The zero-order chi connectivity index (χ0) is 14.3. The Kier molecular flexibility index (Phi) is 6.92. The van der Waals surface area contributed by atoms with E-state index in [9.17, 15) is 12.8 Å². The van der Waals surface area contributed by atoms with E-state index in [0.717, 1.165) is 25.3 Å². The Bertz CT molecular complexity index is 508. The van der Waals surface area contributed by atoms with Crippen LogP contribution in [-0.2, 0) is 14.8 Å². The summed E-state index contributed by atoms with van der Waals surface area (Å²) >= 11 is 2.98. The first-order valence-corrected chi connectivity index (χ1v) is 8.18. The van der Waals surface area contributed by atoms with Crippen molar-refractivity contribution in [3.63, 3.8) is 0 Å². The van der Waals surface area contributed by atoms with Crippen LogP contribution in [0, 0.1) is 5.82 Å². The predicted octanol–water partition coefficient (Wildman–Crippen LogP) is 2.68. The van der Waals surface area contributed by atoms with Gasteiger partial charge in [0.2, 0.25) is 10.0 Å². The lowest BCUT2D eigenvalue weighted by atomic mass is 10.2. The molecule has 1 aromatic rings. The summed E-state index contributed by atoms with van der Waals surface area (Å²) in [4.78, 5) is -0.0647. The number of benzene rings is 1. The molecule has 0 unspecified atom stereocenters. The predicted molar refractivity (Wildman–Crippen MR) is 75.0 cm³/mol. The maximum Gasteiger partial charge on any atom is 0.240 e. The summed E-state index contributed by atoms with van der Waals surface area (Å²) in [6.45, 7) is 1.01. The fourth-order valence-corrected chi connectivity index (χ4v) is 2.81.